The summed E-state index contributed by atoms with van der Waals surface area (Å²) < 4.78 is 28.2. The molecule has 1 aromatic heterocycles. The summed E-state index contributed by atoms with van der Waals surface area (Å²) in [5, 5.41) is 0. The van der Waals surface area contributed by atoms with Crippen LogP contribution in [0.15, 0.2) is 10.8 Å². The van der Waals surface area contributed by atoms with E-state index >= 15 is 0 Å². The summed E-state index contributed by atoms with van der Waals surface area (Å²) in [5.41, 5.74) is 0. The summed E-state index contributed by atoms with van der Waals surface area (Å²) in [5.74, 6) is -2.10. The highest BCUT2D eigenvalue weighted by Gasteiger charge is 2.35. The monoisotopic (exact) mass is 236 g/mol. The fourth-order valence-electron chi connectivity index (χ4n) is 1.36. The molecule has 0 N–H and O–H groups in total. The van der Waals surface area contributed by atoms with Gasteiger partial charge in [-0.25, -0.2) is 13.8 Å². The van der Waals surface area contributed by atoms with Gasteiger partial charge >= 0.3 is 0 Å². The standard InChI is InChI=1S/C7H7BrF2N2/c8-5-4-11-6-3-7(9,10)1-2-12(5)6/h4H,1-3H2. The zero-order chi connectivity index (χ0) is 8.77. The molecule has 2 heterocycles. The Hall–Kier alpha value is -0.450. The van der Waals surface area contributed by atoms with E-state index in [1.54, 1.807) is 10.8 Å². The maximum absolute atomic E-state index is 12.8. The highest BCUT2D eigenvalue weighted by molar-refractivity contribution is 9.10. The van der Waals surface area contributed by atoms with Gasteiger partial charge in [-0.1, -0.05) is 0 Å². The van der Waals surface area contributed by atoms with Crippen LogP contribution in [0.3, 0.4) is 0 Å². The molecule has 1 aromatic rings. The Morgan fingerprint density at radius 3 is 3.08 bits per heavy atom. The van der Waals surface area contributed by atoms with Crippen molar-refractivity contribution in [1.82, 2.24) is 9.55 Å². The van der Waals surface area contributed by atoms with E-state index in [0.29, 0.717) is 12.4 Å². The summed E-state index contributed by atoms with van der Waals surface area (Å²) in [6.07, 6.45) is 1.24. The molecule has 2 rings (SSSR count). The number of hydrogen-bond acceptors (Lipinski definition) is 1. The van der Waals surface area contributed by atoms with E-state index in [4.69, 9.17) is 0 Å². The number of halogens is 3. The van der Waals surface area contributed by atoms with E-state index in [0.717, 1.165) is 4.60 Å². The van der Waals surface area contributed by atoms with Crippen LogP contribution in [0.1, 0.15) is 12.2 Å². The highest BCUT2D eigenvalue weighted by atomic mass is 79.9. The molecule has 0 fully saturated rings. The van der Waals surface area contributed by atoms with Crippen LogP contribution in [0.25, 0.3) is 0 Å². The van der Waals surface area contributed by atoms with Crippen LogP contribution >= 0.6 is 15.9 Å². The van der Waals surface area contributed by atoms with Crippen LogP contribution in [0, 0.1) is 0 Å². The van der Waals surface area contributed by atoms with Gasteiger partial charge in [0.15, 0.2) is 0 Å². The number of alkyl halides is 2. The van der Waals surface area contributed by atoms with Gasteiger partial charge in [0.25, 0.3) is 5.92 Å². The maximum Gasteiger partial charge on any atom is 0.256 e. The predicted octanol–water partition coefficient (Wildman–Crippen LogP) is 2.23. The van der Waals surface area contributed by atoms with Crippen LogP contribution < -0.4 is 0 Å². The van der Waals surface area contributed by atoms with E-state index in [1.165, 1.54) is 0 Å². The van der Waals surface area contributed by atoms with Gasteiger partial charge in [0.05, 0.1) is 12.6 Å². The molecule has 1 aliphatic rings. The Labute approximate surface area is 76.7 Å². The molecule has 5 heteroatoms. The first-order valence-electron chi connectivity index (χ1n) is 3.66. The van der Waals surface area contributed by atoms with Crippen LogP contribution in [-0.2, 0) is 13.0 Å². The van der Waals surface area contributed by atoms with Crippen molar-refractivity contribution in [3.63, 3.8) is 0 Å². The second-order valence-corrected chi connectivity index (χ2v) is 3.74. The zero-order valence-electron chi connectivity index (χ0n) is 6.23. The van der Waals surface area contributed by atoms with Gasteiger partial charge in [-0.3, -0.25) is 0 Å². The molecular weight excluding hydrogens is 230 g/mol. The third-order valence-electron chi connectivity index (χ3n) is 2.01. The van der Waals surface area contributed by atoms with Crippen molar-refractivity contribution in [3.05, 3.63) is 16.6 Å². The smallest absolute Gasteiger partial charge is 0.256 e. The van der Waals surface area contributed by atoms with Gasteiger partial charge in [0.1, 0.15) is 10.4 Å². The second kappa shape index (κ2) is 2.52. The van der Waals surface area contributed by atoms with Crippen molar-refractivity contribution in [2.24, 2.45) is 0 Å². The summed E-state index contributed by atoms with van der Waals surface area (Å²) >= 11 is 3.25. The summed E-state index contributed by atoms with van der Waals surface area (Å²) in [6, 6.07) is 0. The molecule has 0 aliphatic carbocycles. The molecular formula is C7H7BrF2N2. The molecule has 12 heavy (non-hydrogen) atoms. The van der Waals surface area contributed by atoms with Gasteiger partial charge in [-0.05, 0) is 15.9 Å². The Bertz CT molecular complexity index is 308. The molecule has 66 valence electrons. The Morgan fingerprint density at radius 1 is 1.58 bits per heavy atom. The fourth-order valence-corrected chi connectivity index (χ4v) is 1.85. The predicted molar refractivity (Wildman–Crippen MR) is 43.2 cm³/mol. The number of imidazole rings is 1. The van der Waals surface area contributed by atoms with E-state index in [-0.39, 0.29) is 12.8 Å². The zero-order valence-corrected chi connectivity index (χ0v) is 7.81. The SMILES string of the molecule is FC1(F)CCn2c(Br)cnc2C1. The fraction of sp³-hybridized carbons (Fsp3) is 0.571. The van der Waals surface area contributed by atoms with Crippen LogP contribution in [0.5, 0.6) is 0 Å². The van der Waals surface area contributed by atoms with Crippen molar-refractivity contribution in [1.29, 1.82) is 0 Å². The molecule has 0 saturated carbocycles. The number of nitrogens with zero attached hydrogens (tertiary/aromatic N) is 2. The van der Waals surface area contributed by atoms with Crippen molar-refractivity contribution in [3.8, 4) is 0 Å². The second-order valence-electron chi connectivity index (χ2n) is 2.93. The molecule has 0 unspecified atom stereocenters. The maximum atomic E-state index is 12.8. The molecule has 0 atom stereocenters. The van der Waals surface area contributed by atoms with Gasteiger partial charge in [-0.15, -0.1) is 0 Å². The van der Waals surface area contributed by atoms with Gasteiger partial charge < -0.3 is 4.57 Å². The van der Waals surface area contributed by atoms with E-state index in [2.05, 4.69) is 20.9 Å². The average Bonchev–Trinajstić information content (AvgIpc) is 2.30. The molecule has 1 aliphatic heterocycles. The van der Waals surface area contributed by atoms with E-state index in [1.807, 2.05) is 0 Å². The normalized spacial score (nSPS) is 20.6. The Kier molecular flexibility index (Phi) is 1.71. The van der Waals surface area contributed by atoms with Crippen molar-refractivity contribution < 1.29 is 8.78 Å². The molecule has 0 amide bonds. The summed E-state index contributed by atoms with van der Waals surface area (Å²) in [6.45, 7) is 0.350. The molecule has 0 spiro atoms. The van der Waals surface area contributed by atoms with Crippen molar-refractivity contribution >= 4 is 15.9 Å². The summed E-state index contributed by atoms with van der Waals surface area (Å²) in [7, 11) is 0. The minimum atomic E-state index is -2.57. The van der Waals surface area contributed by atoms with Gasteiger partial charge in [-0.2, -0.15) is 0 Å². The largest absolute Gasteiger partial charge is 0.322 e. The quantitative estimate of drug-likeness (QED) is 0.676. The molecule has 0 saturated heterocycles. The lowest BCUT2D eigenvalue weighted by Crippen LogP contribution is -2.29. The average molecular weight is 237 g/mol. The first kappa shape index (κ1) is 8.16. The lowest BCUT2D eigenvalue weighted by Gasteiger charge is -2.23. The minimum Gasteiger partial charge on any atom is -0.322 e. The lowest BCUT2D eigenvalue weighted by atomic mass is 10.1. The number of rotatable bonds is 0. The van der Waals surface area contributed by atoms with Gasteiger partial charge in [0, 0.05) is 13.0 Å². The number of hydrogen-bond donors (Lipinski definition) is 0. The molecule has 0 radical (unpaired) electrons. The third kappa shape index (κ3) is 1.26. The van der Waals surface area contributed by atoms with Crippen LogP contribution in [-0.4, -0.2) is 15.5 Å². The first-order chi connectivity index (χ1) is 5.58. The minimum absolute atomic E-state index is 0.0883. The van der Waals surface area contributed by atoms with Crippen LogP contribution in [0.4, 0.5) is 8.78 Å². The van der Waals surface area contributed by atoms with Crippen LogP contribution in [0.2, 0.25) is 0 Å². The molecule has 0 bridgehead atoms. The topological polar surface area (TPSA) is 17.8 Å². The third-order valence-corrected chi connectivity index (χ3v) is 2.64. The van der Waals surface area contributed by atoms with Crippen molar-refractivity contribution in [2.75, 3.05) is 0 Å². The highest BCUT2D eigenvalue weighted by Crippen LogP contribution is 2.30. The summed E-state index contributed by atoms with van der Waals surface area (Å²) in [4.78, 5) is 3.89. The molecule has 0 aromatic carbocycles. The van der Waals surface area contributed by atoms with Crippen molar-refractivity contribution in [2.45, 2.75) is 25.3 Å². The van der Waals surface area contributed by atoms with E-state index < -0.39 is 5.92 Å². The Balaban J connectivity index is 2.37. The first-order valence-corrected chi connectivity index (χ1v) is 4.45. The lowest BCUT2D eigenvalue weighted by molar-refractivity contribution is -0.0240. The number of fused-ring (bicyclic) bond motifs is 1. The van der Waals surface area contributed by atoms with Gasteiger partial charge in [0.2, 0.25) is 0 Å². The van der Waals surface area contributed by atoms with E-state index in [9.17, 15) is 8.78 Å². The number of aromatic nitrogens is 2. The Morgan fingerprint density at radius 2 is 2.33 bits per heavy atom. The molecule has 2 nitrogen and oxygen atoms in total.